The van der Waals surface area contributed by atoms with Crippen LogP contribution in [0.3, 0.4) is 0 Å². The van der Waals surface area contributed by atoms with E-state index in [-0.39, 0.29) is 11.7 Å². The SMILES string of the molecule is NCCc1cccc(C(=O)NCCc2ccc(O)cc2)c1. The molecule has 4 nitrogen and oxygen atoms in total. The van der Waals surface area contributed by atoms with E-state index in [1.54, 1.807) is 18.2 Å². The second kappa shape index (κ2) is 7.45. The Balaban J connectivity index is 1.86. The molecule has 2 aromatic rings. The predicted octanol–water partition coefficient (Wildman–Crippen LogP) is 1.87. The maximum absolute atomic E-state index is 12.1. The zero-order valence-electron chi connectivity index (χ0n) is 11.9. The molecule has 0 fully saturated rings. The number of carbonyl (C=O) groups is 1. The molecule has 0 atom stereocenters. The molecule has 4 N–H and O–H groups in total. The molecule has 0 bridgehead atoms. The van der Waals surface area contributed by atoms with Crippen molar-refractivity contribution in [1.82, 2.24) is 5.32 Å². The fourth-order valence-corrected chi connectivity index (χ4v) is 2.12. The zero-order valence-corrected chi connectivity index (χ0v) is 11.9. The topological polar surface area (TPSA) is 75.4 Å². The molecular formula is C17H20N2O2. The Labute approximate surface area is 124 Å². The van der Waals surface area contributed by atoms with Crippen molar-refractivity contribution in [2.24, 2.45) is 5.73 Å². The second-order valence-electron chi connectivity index (χ2n) is 4.91. The van der Waals surface area contributed by atoms with Gasteiger partial charge in [0.1, 0.15) is 5.75 Å². The average Bonchev–Trinajstić information content (AvgIpc) is 2.50. The number of nitrogens with two attached hydrogens (primary N) is 1. The first kappa shape index (κ1) is 15.1. The minimum Gasteiger partial charge on any atom is -0.508 e. The maximum atomic E-state index is 12.1. The summed E-state index contributed by atoms with van der Waals surface area (Å²) in [7, 11) is 0. The fourth-order valence-electron chi connectivity index (χ4n) is 2.12. The van der Waals surface area contributed by atoms with E-state index < -0.39 is 0 Å². The largest absolute Gasteiger partial charge is 0.508 e. The highest BCUT2D eigenvalue weighted by Gasteiger charge is 2.05. The van der Waals surface area contributed by atoms with Crippen molar-refractivity contribution in [2.45, 2.75) is 12.8 Å². The van der Waals surface area contributed by atoms with E-state index in [1.807, 2.05) is 30.3 Å². The molecule has 0 aromatic heterocycles. The van der Waals surface area contributed by atoms with Crippen LogP contribution in [0.4, 0.5) is 0 Å². The minimum atomic E-state index is -0.0763. The molecule has 0 saturated heterocycles. The normalized spacial score (nSPS) is 10.3. The van der Waals surface area contributed by atoms with Gasteiger partial charge in [0.25, 0.3) is 5.91 Å². The third-order valence-electron chi connectivity index (χ3n) is 3.26. The molecule has 2 aromatic carbocycles. The minimum absolute atomic E-state index is 0.0763. The molecule has 0 aliphatic rings. The summed E-state index contributed by atoms with van der Waals surface area (Å²) in [5, 5.41) is 12.1. The average molecular weight is 284 g/mol. The van der Waals surface area contributed by atoms with Crippen LogP contribution in [0.25, 0.3) is 0 Å². The number of carbonyl (C=O) groups excluding carboxylic acids is 1. The quantitative estimate of drug-likeness (QED) is 0.758. The number of hydrogen-bond acceptors (Lipinski definition) is 3. The van der Waals surface area contributed by atoms with Crippen molar-refractivity contribution < 1.29 is 9.90 Å². The molecule has 1 amide bonds. The molecule has 0 spiro atoms. The molecular weight excluding hydrogens is 264 g/mol. The van der Waals surface area contributed by atoms with Crippen LogP contribution in [-0.2, 0) is 12.8 Å². The third-order valence-corrected chi connectivity index (χ3v) is 3.26. The molecule has 0 aliphatic heterocycles. The van der Waals surface area contributed by atoms with Gasteiger partial charge in [0, 0.05) is 12.1 Å². The molecule has 2 rings (SSSR count). The van der Waals surface area contributed by atoms with Gasteiger partial charge in [0.05, 0.1) is 0 Å². The Hall–Kier alpha value is -2.33. The van der Waals surface area contributed by atoms with Crippen molar-refractivity contribution in [3.8, 4) is 5.75 Å². The van der Waals surface area contributed by atoms with Crippen molar-refractivity contribution in [3.63, 3.8) is 0 Å². The van der Waals surface area contributed by atoms with Gasteiger partial charge < -0.3 is 16.2 Å². The van der Waals surface area contributed by atoms with Gasteiger partial charge in [0.15, 0.2) is 0 Å². The van der Waals surface area contributed by atoms with Gasteiger partial charge in [-0.25, -0.2) is 0 Å². The standard InChI is InChI=1S/C17H20N2O2/c18-10-8-14-2-1-3-15(12-14)17(21)19-11-9-13-4-6-16(20)7-5-13/h1-7,12,20H,8-11,18H2,(H,19,21). The van der Waals surface area contributed by atoms with Crippen LogP contribution in [0.1, 0.15) is 21.5 Å². The van der Waals surface area contributed by atoms with E-state index in [1.165, 1.54) is 0 Å². The van der Waals surface area contributed by atoms with Crippen molar-refractivity contribution in [1.29, 1.82) is 0 Å². The van der Waals surface area contributed by atoms with Crippen LogP contribution in [0.15, 0.2) is 48.5 Å². The summed E-state index contributed by atoms with van der Waals surface area (Å²) in [6, 6.07) is 14.5. The number of hydrogen-bond donors (Lipinski definition) is 3. The molecule has 0 aliphatic carbocycles. The number of nitrogens with one attached hydrogen (secondary N) is 1. The predicted molar refractivity (Wildman–Crippen MR) is 83.3 cm³/mol. The lowest BCUT2D eigenvalue weighted by Gasteiger charge is -2.07. The van der Waals surface area contributed by atoms with E-state index in [9.17, 15) is 9.90 Å². The second-order valence-corrected chi connectivity index (χ2v) is 4.91. The van der Waals surface area contributed by atoms with Gasteiger partial charge in [-0.05, 0) is 54.8 Å². The molecule has 0 saturated carbocycles. The summed E-state index contributed by atoms with van der Waals surface area (Å²) in [6.07, 6.45) is 1.50. The fraction of sp³-hybridized carbons (Fsp3) is 0.235. The van der Waals surface area contributed by atoms with Crippen molar-refractivity contribution in [3.05, 3.63) is 65.2 Å². The van der Waals surface area contributed by atoms with E-state index in [2.05, 4.69) is 5.32 Å². The summed E-state index contributed by atoms with van der Waals surface area (Å²) < 4.78 is 0. The Morgan fingerprint density at radius 3 is 2.52 bits per heavy atom. The molecule has 21 heavy (non-hydrogen) atoms. The third kappa shape index (κ3) is 4.61. The number of phenols is 1. The number of rotatable bonds is 6. The Kier molecular flexibility index (Phi) is 5.35. The first-order valence-electron chi connectivity index (χ1n) is 7.04. The van der Waals surface area contributed by atoms with Crippen LogP contribution in [0.5, 0.6) is 5.75 Å². The zero-order chi connectivity index (χ0) is 15.1. The van der Waals surface area contributed by atoms with Gasteiger partial charge in [-0.1, -0.05) is 24.3 Å². The van der Waals surface area contributed by atoms with Gasteiger partial charge >= 0.3 is 0 Å². The number of amides is 1. The van der Waals surface area contributed by atoms with Gasteiger partial charge in [-0.2, -0.15) is 0 Å². The molecule has 0 unspecified atom stereocenters. The lowest BCUT2D eigenvalue weighted by Crippen LogP contribution is -2.25. The molecule has 0 radical (unpaired) electrons. The Morgan fingerprint density at radius 1 is 1.05 bits per heavy atom. The highest BCUT2D eigenvalue weighted by molar-refractivity contribution is 5.94. The lowest BCUT2D eigenvalue weighted by molar-refractivity contribution is 0.0954. The van der Waals surface area contributed by atoms with Crippen LogP contribution >= 0.6 is 0 Å². The molecule has 0 heterocycles. The summed E-state index contributed by atoms with van der Waals surface area (Å²) in [5.74, 6) is 0.173. The smallest absolute Gasteiger partial charge is 0.251 e. The lowest BCUT2D eigenvalue weighted by atomic mass is 10.1. The number of phenolic OH excluding ortho intramolecular Hbond substituents is 1. The highest BCUT2D eigenvalue weighted by Crippen LogP contribution is 2.10. The Morgan fingerprint density at radius 2 is 1.81 bits per heavy atom. The summed E-state index contributed by atoms with van der Waals surface area (Å²) >= 11 is 0. The highest BCUT2D eigenvalue weighted by atomic mass is 16.3. The van der Waals surface area contributed by atoms with Crippen LogP contribution in [0.2, 0.25) is 0 Å². The van der Waals surface area contributed by atoms with E-state index in [0.29, 0.717) is 18.7 Å². The van der Waals surface area contributed by atoms with Crippen molar-refractivity contribution in [2.75, 3.05) is 13.1 Å². The van der Waals surface area contributed by atoms with Gasteiger partial charge in [-0.15, -0.1) is 0 Å². The number of benzene rings is 2. The monoisotopic (exact) mass is 284 g/mol. The summed E-state index contributed by atoms with van der Waals surface area (Å²) in [5.41, 5.74) is 8.33. The first-order chi connectivity index (χ1) is 10.2. The van der Waals surface area contributed by atoms with Gasteiger partial charge in [-0.3, -0.25) is 4.79 Å². The van der Waals surface area contributed by atoms with E-state index in [4.69, 9.17) is 5.73 Å². The van der Waals surface area contributed by atoms with E-state index in [0.717, 1.165) is 24.0 Å². The van der Waals surface area contributed by atoms with Crippen LogP contribution in [-0.4, -0.2) is 24.1 Å². The number of aromatic hydroxyl groups is 1. The van der Waals surface area contributed by atoms with Gasteiger partial charge in [0.2, 0.25) is 0 Å². The summed E-state index contributed by atoms with van der Waals surface area (Å²) in [6.45, 7) is 1.14. The van der Waals surface area contributed by atoms with Crippen LogP contribution in [0, 0.1) is 0 Å². The van der Waals surface area contributed by atoms with E-state index >= 15 is 0 Å². The molecule has 110 valence electrons. The summed E-state index contributed by atoms with van der Waals surface area (Å²) in [4.78, 5) is 12.1. The van der Waals surface area contributed by atoms with Crippen LogP contribution < -0.4 is 11.1 Å². The molecule has 4 heteroatoms. The Bertz CT molecular complexity index is 594. The van der Waals surface area contributed by atoms with Crippen molar-refractivity contribution >= 4 is 5.91 Å². The maximum Gasteiger partial charge on any atom is 0.251 e. The first-order valence-corrected chi connectivity index (χ1v) is 7.04.